The van der Waals surface area contributed by atoms with Crippen LogP contribution in [-0.2, 0) is 9.59 Å². The zero-order valence-corrected chi connectivity index (χ0v) is 14.7. The van der Waals surface area contributed by atoms with Gasteiger partial charge in [-0.2, -0.15) is 0 Å². The number of nitrogens with one attached hydrogen (secondary N) is 2. The van der Waals surface area contributed by atoms with Crippen molar-refractivity contribution >= 4 is 34.8 Å². The van der Waals surface area contributed by atoms with Crippen LogP contribution in [0.4, 0.5) is 11.4 Å². The van der Waals surface area contributed by atoms with Gasteiger partial charge in [0.2, 0.25) is 0 Å². The van der Waals surface area contributed by atoms with Crippen LogP contribution in [0.15, 0.2) is 30.3 Å². The summed E-state index contributed by atoms with van der Waals surface area (Å²) in [6.07, 6.45) is 0. The molecule has 0 heterocycles. The lowest BCUT2D eigenvalue weighted by molar-refractivity contribution is -0.133. The summed E-state index contributed by atoms with van der Waals surface area (Å²) >= 11 is 6.15. The molecule has 2 aromatic rings. The van der Waals surface area contributed by atoms with E-state index in [0.717, 1.165) is 16.7 Å². The highest BCUT2D eigenvalue weighted by molar-refractivity contribution is 6.45. The van der Waals surface area contributed by atoms with Crippen molar-refractivity contribution in [3.05, 3.63) is 52.0 Å². The molecular formula is C18H19ClN2O3. The largest absolute Gasteiger partial charge is 0.495 e. The minimum Gasteiger partial charge on any atom is -0.495 e. The molecule has 24 heavy (non-hydrogen) atoms. The van der Waals surface area contributed by atoms with Gasteiger partial charge < -0.3 is 15.4 Å². The fraction of sp³-hybridized carbons (Fsp3) is 0.222. The first-order valence-corrected chi connectivity index (χ1v) is 7.73. The number of benzene rings is 2. The number of hydrogen-bond donors (Lipinski definition) is 2. The number of hydrogen-bond acceptors (Lipinski definition) is 3. The topological polar surface area (TPSA) is 67.4 Å². The molecule has 0 aromatic heterocycles. The van der Waals surface area contributed by atoms with E-state index in [0.29, 0.717) is 22.1 Å². The predicted molar refractivity (Wildman–Crippen MR) is 95.9 cm³/mol. The van der Waals surface area contributed by atoms with Crippen LogP contribution in [-0.4, -0.2) is 18.9 Å². The molecule has 126 valence electrons. The Kier molecular flexibility index (Phi) is 5.46. The Balaban J connectivity index is 2.17. The van der Waals surface area contributed by atoms with E-state index in [9.17, 15) is 9.59 Å². The minimum atomic E-state index is -0.799. The van der Waals surface area contributed by atoms with Crippen molar-refractivity contribution in [2.45, 2.75) is 20.8 Å². The predicted octanol–water partition coefficient (Wildman–Crippen LogP) is 3.85. The van der Waals surface area contributed by atoms with Crippen molar-refractivity contribution in [1.29, 1.82) is 0 Å². The number of anilines is 2. The Bertz CT molecular complexity index is 780. The summed E-state index contributed by atoms with van der Waals surface area (Å²) in [7, 11) is 1.50. The number of amides is 2. The molecule has 2 N–H and O–H groups in total. The zero-order valence-electron chi connectivity index (χ0n) is 14.0. The quantitative estimate of drug-likeness (QED) is 0.829. The second kappa shape index (κ2) is 7.36. The summed E-state index contributed by atoms with van der Waals surface area (Å²) in [6.45, 7) is 5.60. The van der Waals surface area contributed by atoms with Gasteiger partial charge in [0, 0.05) is 0 Å². The van der Waals surface area contributed by atoms with Gasteiger partial charge in [-0.1, -0.05) is 23.7 Å². The van der Waals surface area contributed by atoms with Crippen molar-refractivity contribution in [3.63, 3.8) is 0 Å². The summed E-state index contributed by atoms with van der Waals surface area (Å²) in [5.41, 5.74) is 3.56. The van der Waals surface area contributed by atoms with Crippen LogP contribution in [0.1, 0.15) is 16.7 Å². The molecule has 2 rings (SSSR count). The molecule has 2 amide bonds. The molecule has 0 bridgehead atoms. The zero-order chi connectivity index (χ0) is 17.9. The molecular weight excluding hydrogens is 328 g/mol. The second-order valence-electron chi connectivity index (χ2n) is 5.55. The van der Waals surface area contributed by atoms with Crippen molar-refractivity contribution in [2.75, 3.05) is 17.7 Å². The highest BCUT2D eigenvalue weighted by Gasteiger charge is 2.18. The van der Waals surface area contributed by atoms with Gasteiger partial charge >= 0.3 is 11.8 Å². The number of methoxy groups -OCH3 is 1. The first-order valence-electron chi connectivity index (χ1n) is 7.35. The molecule has 0 saturated heterocycles. The molecule has 0 saturated carbocycles. The van der Waals surface area contributed by atoms with E-state index in [-0.39, 0.29) is 0 Å². The molecule has 0 aliphatic carbocycles. The van der Waals surface area contributed by atoms with Gasteiger partial charge in [-0.05, 0) is 55.7 Å². The Morgan fingerprint density at radius 2 is 1.62 bits per heavy atom. The molecule has 6 heteroatoms. The molecule has 0 unspecified atom stereocenters. The van der Waals surface area contributed by atoms with Crippen molar-refractivity contribution < 1.29 is 14.3 Å². The van der Waals surface area contributed by atoms with Crippen molar-refractivity contribution in [2.24, 2.45) is 0 Å². The third-order valence-electron chi connectivity index (χ3n) is 3.48. The van der Waals surface area contributed by atoms with Crippen LogP contribution in [0.3, 0.4) is 0 Å². The van der Waals surface area contributed by atoms with E-state index >= 15 is 0 Å². The number of carbonyl (C=O) groups is 2. The number of aryl methyl sites for hydroxylation is 3. The van der Waals surface area contributed by atoms with Gasteiger partial charge in [-0.25, -0.2) is 0 Å². The van der Waals surface area contributed by atoms with E-state index in [4.69, 9.17) is 16.3 Å². The molecule has 0 spiro atoms. The van der Waals surface area contributed by atoms with Gasteiger partial charge in [0.25, 0.3) is 0 Å². The maximum atomic E-state index is 12.2. The molecule has 0 aliphatic rings. The van der Waals surface area contributed by atoms with Crippen LogP contribution < -0.4 is 15.4 Å². The number of ether oxygens (including phenoxy) is 1. The van der Waals surface area contributed by atoms with E-state index in [1.165, 1.54) is 7.11 Å². The Hall–Kier alpha value is -2.53. The number of halogens is 1. The third kappa shape index (κ3) is 4.06. The van der Waals surface area contributed by atoms with E-state index in [2.05, 4.69) is 10.6 Å². The SMILES string of the molecule is COc1ccc(C)cc1NC(=O)C(=O)Nc1c(C)cc(C)cc1Cl. The average molecular weight is 347 g/mol. The Morgan fingerprint density at radius 1 is 0.958 bits per heavy atom. The summed E-state index contributed by atoms with van der Waals surface area (Å²) in [5, 5.41) is 5.50. The molecule has 2 aromatic carbocycles. The van der Waals surface area contributed by atoms with Crippen LogP contribution in [0, 0.1) is 20.8 Å². The van der Waals surface area contributed by atoms with Gasteiger partial charge in [-0.15, -0.1) is 0 Å². The van der Waals surface area contributed by atoms with E-state index < -0.39 is 11.8 Å². The lowest BCUT2D eigenvalue weighted by atomic mass is 10.1. The summed E-state index contributed by atoms with van der Waals surface area (Å²) in [4.78, 5) is 24.3. The highest BCUT2D eigenvalue weighted by Crippen LogP contribution is 2.28. The van der Waals surface area contributed by atoms with Crippen molar-refractivity contribution in [3.8, 4) is 5.75 Å². The Morgan fingerprint density at radius 3 is 2.25 bits per heavy atom. The molecule has 0 fully saturated rings. The first-order chi connectivity index (χ1) is 11.3. The molecule has 0 atom stereocenters. The monoisotopic (exact) mass is 346 g/mol. The smallest absolute Gasteiger partial charge is 0.314 e. The normalized spacial score (nSPS) is 10.2. The van der Waals surface area contributed by atoms with Crippen LogP contribution in [0.2, 0.25) is 5.02 Å². The lowest BCUT2D eigenvalue weighted by Gasteiger charge is -2.13. The number of carbonyl (C=O) groups excluding carboxylic acids is 2. The molecule has 0 radical (unpaired) electrons. The van der Waals surface area contributed by atoms with Crippen LogP contribution in [0.5, 0.6) is 5.75 Å². The van der Waals surface area contributed by atoms with Crippen LogP contribution >= 0.6 is 11.6 Å². The maximum absolute atomic E-state index is 12.2. The second-order valence-corrected chi connectivity index (χ2v) is 5.96. The third-order valence-corrected chi connectivity index (χ3v) is 3.78. The van der Waals surface area contributed by atoms with Gasteiger partial charge in [0.1, 0.15) is 5.75 Å². The highest BCUT2D eigenvalue weighted by atomic mass is 35.5. The van der Waals surface area contributed by atoms with Gasteiger partial charge in [-0.3, -0.25) is 9.59 Å². The number of rotatable bonds is 3. The minimum absolute atomic E-state index is 0.391. The van der Waals surface area contributed by atoms with Crippen molar-refractivity contribution in [1.82, 2.24) is 0 Å². The van der Waals surface area contributed by atoms with E-state index in [1.807, 2.05) is 32.9 Å². The summed E-state index contributed by atoms with van der Waals surface area (Å²) < 4.78 is 5.18. The van der Waals surface area contributed by atoms with Gasteiger partial charge in [0.05, 0.1) is 23.5 Å². The lowest BCUT2D eigenvalue weighted by Crippen LogP contribution is -2.29. The van der Waals surface area contributed by atoms with E-state index in [1.54, 1.807) is 18.2 Å². The Labute approximate surface area is 146 Å². The summed E-state index contributed by atoms with van der Waals surface area (Å²) in [5.74, 6) is -1.12. The summed E-state index contributed by atoms with van der Waals surface area (Å²) in [6, 6.07) is 8.91. The fourth-order valence-corrected chi connectivity index (χ4v) is 2.71. The van der Waals surface area contributed by atoms with Crippen LogP contribution in [0.25, 0.3) is 0 Å². The maximum Gasteiger partial charge on any atom is 0.314 e. The average Bonchev–Trinajstić information content (AvgIpc) is 2.50. The first kappa shape index (κ1) is 17.8. The molecule has 5 nitrogen and oxygen atoms in total. The van der Waals surface area contributed by atoms with Gasteiger partial charge in [0.15, 0.2) is 0 Å². The molecule has 0 aliphatic heterocycles. The fourth-order valence-electron chi connectivity index (χ4n) is 2.34. The standard InChI is InChI=1S/C18H19ClN2O3/c1-10-5-6-15(24-4)14(9-10)20-17(22)18(23)21-16-12(3)7-11(2)8-13(16)19/h5-9H,1-4H3,(H,20,22)(H,21,23).